The van der Waals surface area contributed by atoms with Gasteiger partial charge in [-0.15, -0.1) is 0 Å². The molecule has 2 heterocycles. The van der Waals surface area contributed by atoms with Crippen LogP contribution in [0.3, 0.4) is 0 Å². The average Bonchev–Trinajstić information content (AvgIpc) is 3.35. The highest BCUT2D eigenvalue weighted by Crippen LogP contribution is 2.47. The lowest BCUT2D eigenvalue weighted by Gasteiger charge is -2.43. The average molecular weight is 639 g/mol. The maximum atomic E-state index is 12.3. The Morgan fingerprint density at radius 3 is 2.23 bits per heavy atom. The van der Waals surface area contributed by atoms with Crippen molar-refractivity contribution < 1.29 is 28.9 Å². The Kier molecular flexibility index (Phi) is 10.3. The van der Waals surface area contributed by atoms with Crippen molar-refractivity contribution in [3.05, 3.63) is 123 Å². The third-order valence-electron chi connectivity index (χ3n) is 7.51. The van der Waals surface area contributed by atoms with Gasteiger partial charge in [-0.2, -0.15) is 0 Å². The Morgan fingerprint density at radius 2 is 1.61 bits per heavy atom. The summed E-state index contributed by atoms with van der Waals surface area (Å²) in [6.45, 7) is 3.36. The maximum Gasteiger partial charge on any atom is 0.303 e. The van der Waals surface area contributed by atoms with Gasteiger partial charge >= 0.3 is 5.97 Å². The quantitative estimate of drug-likeness (QED) is 0.209. The molecule has 0 spiro atoms. The number of carbonyl (C=O) groups excluding carboxylic acids is 2. The van der Waals surface area contributed by atoms with Crippen molar-refractivity contribution in [3.63, 3.8) is 0 Å². The lowest BCUT2D eigenvalue weighted by molar-refractivity contribution is -0.263. The predicted molar refractivity (Wildman–Crippen MR) is 165 cm³/mol. The lowest BCUT2D eigenvalue weighted by Crippen LogP contribution is -2.39. The number of aliphatic hydroxyl groups excluding tert-OH is 1. The highest BCUT2D eigenvalue weighted by Gasteiger charge is 2.42. The Hall–Kier alpha value is -3.73. The molecular weight excluding hydrogens is 605 g/mol. The van der Waals surface area contributed by atoms with Crippen LogP contribution in [0.15, 0.2) is 85.2 Å². The van der Waals surface area contributed by atoms with E-state index in [4.69, 9.17) is 37.4 Å². The van der Waals surface area contributed by atoms with Crippen LogP contribution in [0.1, 0.15) is 60.0 Å². The molecule has 1 fully saturated rings. The number of aliphatic hydroxyl groups is 1. The first-order chi connectivity index (χ1) is 21.2. The van der Waals surface area contributed by atoms with Gasteiger partial charge in [0.15, 0.2) is 17.5 Å². The number of aromatic nitrogens is 2. The number of halogens is 2. The van der Waals surface area contributed by atoms with E-state index in [1.807, 2.05) is 78.9 Å². The molecule has 0 bridgehead atoms. The van der Waals surface area contributed by atoms with E-state index in [1.54, 1.807) is 10.9 Å². The fourth-order valence-electron chi connectivity index (χ4n) is 5.26. The van der Waals surface area contributed by atoms with Crippen molar-refractivity contribution in [2.75, 3.05) is 0 Å². The Bertz CT molecular complexity index is 1560. The molecule has 11 heteroatoms. The Morgan fingerprint density at radius 1 is 0.955 bits per heavy atom. The van der Waals surface area contributed by atoms with Gasteiger partial charge in [0.1, 0.15) is 5.15 Å². The van der Waals surface area contributed by atoms with Crippen molar-refractivity contribution in [3.8, 4) is 0 Å². The molecule has 1 aliphatic rings. The monoisotopic (exact) mass is 637 g/mol. The fraction of sp³-hybridized carbons (Fsp3) is 0.303. The second kappa shape index (κ2) is 14.4. The molecule has 1 aromatic heterocycles. The van der Waals surface area contributed by atoms with Crippen LogP contribution in [0.2, 0.25) is 10.3 Å². The molecule has 3 aromatic carbocycles. The molecule has 0 radical (unpaired) electrons. The number of ether oxygens (including phenoxy) is 3. The number of hydrogen-bond acceptors (Lipinski definition) is 7. The summed E-state index contributed by atoms with van der Waals surface area (Å²) in [7, 11) is 0. The molecule has 1 saturated heterocycles. The lowest BCUT2D eigenvalue weighted by atomic mass is 9.83. The highest BCUT2D eigenvalue weighted by atomic mass is 35.5. The second-order valence-electron chi connectivity index (χ2n) is 10.6. The van der Waals surface area contributed by atoms with Gasteiger partial charge in [-0.05, 0) is 29.2 Å². The van der Waals surface area contributed by atoms with Gasteiger partial charge in [-0.1, -0.05) is 102 Å². The van der Waals surface area contributed by atoms with Crippen LogP contribution >= 0.6 is 23.2 Å². The number of amides is 1. The fourth-order valence-corrected chi connectivity index (χ4v) is 5.57. The number of benzene rings is 3. The van der Waals surface area contributed by atoms with Crippen LogP contribution in [-0.2, 0) is 43.5 Å². The molecule has 1 aliphatic heterocycles. The van der Waals surface area contributed by atoms with Gasteiger partial charge < -0.3 is 29.2 Å². The van der Waals surface area contributed by atoms with Gasteiger partial charge in [0.2, 0.25) is 0 Å². The first-order valence-corrected chi connectivity index (χ1v) is 14.9. The number of hydrogen-bond donors (Lipinski definition) is 2. The minimum Gasteiger partial charge on any atom is -0.453 e. The SMILES string of the molecule is CC(=O)OC(C)C(=O)NCc1ccc(C2OC(Cn3cnc(Cl)c3Cl)C(c3ccccc3)C(c3ccc(CO)cc3)O2)cc1. The molecule has 5 rings (SSSR count). The molecule has 230 valence electrons. The zero-order valence-electron chi connectivity index (χ0n) is 24.2. The van der Waals surface area contributed by atoms with Crippen LogP contribution in [0, 0.1) is 0 Å². The van der Waals surface area contributed by atoms with Crippen molar-refractivity contribution in [1.29, 1.82) is 0 Å². The molecule has 4 aromatic rings. The molecule has 5 unspecified atom stereocenters. The second-order valence-corrected chi connectivity index (χ2v) is 11.3. The first-order valence-electron chi connectivity index (χ1n) is 14.2. The molecule has 2 N–H and O–H groups in total. The van der Waals surface area contributed by atoms with Crippen molar-refractivity contribution in [2.45, 2.75) is 64.1 Å². The molecule has 1 amide bonds. The predicted octanol–water partition coefficient (Wildman–Crippen LogP) is 5.89. The van der Waals surface area contributed by atoms with Crippen LogP contribution < -0.4 is 5.32 Å². The zero-order chi connectivity index (χ0) is 31.2. The largest absolute Gasteiger partial charge is 0.453 e. The summed E-state index contributed by atoms with van der Waals surface area (Å²) >= 11 is 12.7. The number of esters is 1. The molecule has 0 aliphatic carbocycles. The van der Waals surface area contributed by atoms with E-state index in [2.05, 4.69) is 10.3 Å². The number of rotatable bonds is 10. The number of imidazole rings is 1. The smallest absolute Gasteiger partial charge is 0.303 e. The first kappa shape index (κ1) is 31.7. The zero-order valence-corrected chi connectivity index (χ0v) is 25.7. The maximum absolute atomic E-state index is 12.3. The summed E-state index contributed by atoms with van der Waals surface area (Å²) in [6, 6.07) is 25.3. The van der Waals surface area contributed by atoms with E-state index in [0.29, 0.717) is 11.7 Å². The number of nitrogens with one attached hydrogen (secondary N) is 1. The highest BCUT2D eigenvalue weighted by molar-refractivity contribution is 6.40. The third-order valence-corrected chi connectivity index (χ3v) is 8.28. The summed E-state index contributed by atoms with van der Waals surface area (Å²) in [5, 5.41) is 12.9. The molecule has 44 heavy (non-hydrogen) atoms. The summed E-state index contributed by atoms with van der Waals surface area (Å²) in [4.78, 5) is 27.6. The van der Waals surface area contributed by atoms with Gasteiger partial charge in [-0.25, -0.2) is 4.98 Å². The van der Waals surface area contributed by atoms with E-state index in [0.717, 1.165) is 27.8 Å². The third kappa shape index (κ3) is 7.49. The Labute approximate surface area is 265 Å². The molecule has 9 nitrogen and oxygen atoms in total. The van der Waals surface area contributed by atoms with Crippen molar-refractivity contribution >= 4 is 35.1 Å². The van der Waals surface area contributed by atoms with Crippen LogP contribution in [-0.4, -0.2) is 38.7 Å². The molecule has 5 atom stereocenters. The van der Waals surface area contributed by atoms with E-state index in [1.165, 1.54) is 13.8 Å². The van der Waals surface area contributed by atoms with Gasteiger partial charge in [0.25, 0.3) is 5.91 Å². The number of carbonyl (C=O) groups is 2. The topological polar surface area (TPSA) is 112 Å². The normalized spacial score (nSPS) is 20.6. The van der Waals surface area contributed by atoms with Crippen molar-refractivity contribution in [2.24, 2.45) is 0 Å². The van der Waals surface area contributed by atoms with E-state index in [9.17, 15) is 14.7 Å². The van der Waals surface area contributed by atoms with Crippen LogP contribution in [0.4, 0.5) is 0 Å². The molecular formula is C33H33Cl2N3O6. The Balaban J connectivity index is 1.44. The van der Waals surface area contributed by atoms with Gasteiger partial charge in [-0.3, -0.25) is 9.59 Å². The van der Waals surface area contributed by atoms with Gasteiger partial charge in [0.05, 0.1) is 31.7 Å². The number of nitrogens with zero attached hydrogens (tertiary/aromatic N) is 2. The van der Waals surface area contributed by atoms with Gasteiger partial charge in [0, 0.05) is 24.9 Å². The summed E-state index contributed by atoms with van der Waals surface area (Å²) in [6.07, 6.45) is -0.825. The van der Waals surface area contributed by atoms with Crippen LogP contribution in [0.5, 0.6) is 0 Å². The molecule has 0 saturated carbocycles. The minimum atomic E-state index is -0.882. The van der Waals surface area contributed by atoms with E-state index in [-0.39, 0.29) is 30.1 Å². The van der Waals surface area contributed by atoms with E-state index < -0.39 is 30.6 Å². The van der Waals surface area contributed by atoms with E-state index >= 15 is 0 Å². The summed E-state index contributed by atoms with van der Waals surface area (Å²) < 4.78 is 20.1. The summed E-state index contributed by atoms with van der Waals surface area (Å²) in [5.41, 5.74) is 4.41. The van der Waals surface area contributed by atoms with Crippen molar-refractivity contribution in [1.82, 2.24) is 14.9 Å². The minimum absolute atomic E-state index is 0.0579. The summed E-state index contributed by atoms with van der Waals surface area (Å²) in [5.74, 6) is -1.12. The van der Waals surface area contributed by atoms with Crippen LogP contribution in [0.25, 0.3) is 0 Å². The standard InChI is InChI=1S/C33H33Cl2N3O6/c1-20(42-21(2)40)32(41)36-16-22-8-14-26(15-9-22)33-43-27(17-38-19-37-30(34)31(38)35)28(24-6-4-3-5-7-24)29(44-33)25-12-10-23(18-39)11-13-25/h3-15,19-20,27-29,33,39H,16-18H2,1-2H3,(H,36,41).